The molecule has 2 heterocycles. The number of benzene rings is 1. The molecule has 3 rings (SSSR count). The number of nitrogens with zero attached hydrogens (tertiary/aromatic N) is 4. The monoisotopic (exact) mass is 515 g/mol. The van der Waals surface area contributed by atoms with Crippen molar-refractivity contribution in [2.24, 2.45) is 4.99 Å². The Labute approximate surface area is 189 Å². The van der Waals surface area contributed by atoms with Crippen LogP contribution in [0.3, 0.4) is 0 Å². The van der Waals surface area contributed by atoms with E-state index < -0.39 is 0 Å². The Balaban J connectivity index is 0.00000280. The van der Waals surface area contributed by atoms with E-state index >= 15 is 0 Å². The molecule has 1 fully saturated rings. The molecular formula is C20H30IN5OS. The van der Waals surface area contributed by atoms with E-state index in [9.17, 15) is 0 Å². The predicted octanol–water partition coefficient (Wildman–Crippen LogP) is 3.41. The number of methoxy groups -OCH3 is 1. The van der Waals surface area contributed by atoms with E-state index in [0.29, 0.717) is 0 Å². The molecule has 154 valence electrons. The van der Waals surface area contributed by atoms with Crippen molar-refractivity contribution in [3.63, 3.8) is 0 Å². The average Bonchev–Trinajstić information content (AvgIpc) is 3.13. The lowest BCUT2D eigenvalue weighted by Crippen LogP contribution is -2.52. The number of nitrogens with one attached hydrogen (secondary N) is 1. The van der Waals surface area contributed by atoms with Crippen molar-refractivity contribution in [3.8, 4) is 5.75 Å². The number of halogens is 1. The number of guanidine groups is 1. The van der Waals surface area contributed by atoms with Crippen molar-refractivity contribution < 1.29 is 4.74 Å². The number of thiazole rings is 1. The summed E-state index contributed by atoms with van der Waals surface area (Å²) in [7, 11) is 3.59. The van der Waals surface area contributed by atoms with Gasteiger partial charge in [-0.05, 0) is 25.5 Å². The van der Waals surface area contributed by atoms with Gasteiger partial charge < -0.3 is 19.9 Å². The van der Waals surface area contributed by atoms with Gasteiger partial charge in [-0.1, -0.05) is 12.1 Å². The minimum atomic E-state index is 0. The molecule has 0 unspecified atom stereocenters. The van der Waals surface area contributed by atoms with Crippen LogP contribution < -0.4 is 15.0 Å². The average molecular weight is 515 g/mol. The molecule has 1 aromatic heterocycles. The zero-order valence-electron chi connectivity index (χ0n) is 16.9. The Morgan fingerprint density at radius 3 is 2.64 bits per heavy atom. The van der Waals surface area contributed by atoms with Crippen molar-refractivity contribution in [3.05, 3.63) is 40.3 Å². The molecule has 2 aromatic rings. The Kier molecular flexibility index (Phi) is 9.30. The third-order valence-corrected chi connectivity index (χ3v) is 5.76. The molecule has 1 saturated heterocycles. The highest BCUT2D eigenvalue weighted by Crippen LogP contribution is 2.28. The first-order valence-electron chi connectivity index (χ1n) is 9.46. The molecule has 1 aliphatic heterocycles. The minimum absolute atomic E-state index is 0. The van der Waals surface area contributed by atoms with Crippen LogP contribution in [0.25, 0.3) is 0 Å². The Morgan fingerprint density at radius 1 is 1.25 bits per heavy atom. The van der Waals surface area contributed by atoms with Gasteiger partial charge >= 0.3 is 0 Å². The number of anilines is 1. The molecule has 1 N–H and O–H groups in total. The fourth-order valence-electron chi connectivity index (χ4n) is 3.34. The molecule has 1 aromatic carbocycles. The molecule has 0 spiro atoms. The Bertz CT molecular complexity index is 759. The normalized spacial score (nSPS) is 14.6. The molecule has 0 aliphatic carbocycles. The molecule has 0 radical (unpaired) electrons. The number of para-hydroxylation sites is 2. The highest BCUT2D eigenvalue weighted by Gasteiger charge is 2.21. The minimum Gasteiger partial charge on any atom is -0.495 e. The fraction of sp³-hybridized carbons (Fsp3) is 0.500. The van der Waals surface area contributed by atoms with Gasteiger partial charge in [-0.15, -0.1) is 35.3 Å². The van der Waals surface area contributed by atoms with Gasteiger partial charge in [0.05, 0.1) is 17.8 Å². The number of aromatic nitrogens is 1. The highest BCUT2D eigenvalue weighted by molar-refractivity contribution is 14.0. The van der Waals surface area contributed by atoms with Crippen LogP contribution in [0.4, 0.5) is 5.69 Å². The van der Waals surface area contributed by atoms with E-state index in [-0.39, 0.29) is 24.0 Å². The third-order valence-electron chi connectivity index (χ3n) is 4.73. The second kappa shape index (κ2) is 11.5. The molecule has 6 nitrogen and oxygen atoms in total. The zero-order valence-corrected chi connectivity index (χ0v) is 20.0. The molecule has 1 aliphatic rings. The van der Waals surface area contributed by atoms with Gasteiger partial charge in [0.1, 0.15) is 5.75 Å². The summed E-state index contributed by atoms with van der Waals surface area (Å²) >= 11 is 1.75. The molecule has 8 heteroatoms. The van der Waals surface area contributed by atoms with Crippen LogP contribution in [0, 0.1) is 6.92 Å². The van der Waals surface area contributed by atoms with Gasteiger partial charge in [-0.3, -0.25) is 4.99 Å². The largest absolute Gasteiger partial charge is 0.495 e. The lowest BCUT2D eigenvalue weighted by molar-refractivity contribution is 0.367. The van der Waals surface area contributed by atoms with Crippen molar-refractivity contribution in [2.45, 2.75) is 19.8 Å². The lowest BCUT2D eigenvalue weighted by atomic mass is 10.2. The summed E-state index contributed by atoms with van der Waals surface area (Å²) in [6.07, 6.45) is 2.08. The lowest BCUT2D eigenvalue weighted by Gasteiger charge is -2.38. The van der Waals surface area contributed by atoms with Crippen molar-refractivity contribution >= 4 is 47.0 Å². The maximum Gasteiger partial charge on any atom is 0.193 e. The number of ether oxygens (including phenoxy) is 1. The summed E-state index contributed by atoms with van der Waals surface area (Å²) < 4.78 is 5.50. The zero-order chi connectivity index (χ0) is 19.1. The summed E-state index contributed by atoms with van der Waals surface area (Å²) in [4.78, 5) is 13.7. The maximum absolute atomic E-state index is 5.50. The maximum atomic E-state index is 5.50. The van der Waals surface area contributed by atoms with Gasteiger partial charge in [-0.2, -0.15) is 0 Å². The van der Waals surface area contributed by atoms with Crippen LogP contribution in [0.5, 0.6) is 5.75 Å². The molecule has 0 bridgehead atoms. The van der Waals surface area contributed by atoms with Crippen LogP contribution in [0.15, 0.2) is 34.6 Å². The molecule has 0 atom stereocenters. The van der Waals surface area contributed by atoms with E-state index in [2.05, 4.69) is 42.6 Å². The summed E-state index contributed by atoms with van der Waals surface area (Å²) in [5.74, 6) is 1.93. The van der Waals surface area contributed by atoms with Crippen molar-refractivity contribution in [1.82, 2.24) is 15.2 Å². The highest BCUT2D eigenvalue weighted by atomic mass is 127. The van der Waals surface area contributed by atoms with E-state index in [1.165, 1.54) is 10.7 Å². The number of aliphatic imine (C=N–C) groups is 1. The molecule has 0 amide bonds. The number of hydrogen-bond acceptors (Lipinski definition) is 5. The first-order valence-corrected chi connectivity index (χ1v) is 10.3. The quantitative estimate of drug-likeness (QED) is 0.277. The molecular weight excluding hydrogens is 485 g/mol. The Hall–Kier alpha value is -1.55. The fourth-order valence-corrected chi connectivity index (χ4v) is 4.16. The van der Waals surface area contributed by atoms with Gasteiger partial charge in [0.15, 0.2) is 5.96 Å². The summed E-state index contributed by atoms with van der Waals surface area (Å²) in [6, 6.07) is 8.22. The Morgan fingerprint density at radius 2 is 2.00 bits per heavy atom. The van der Waals surface area contributed by atoms with Crippen LogP contribution in [0.2, 0.25) is 0 Å². The smallest absolute Gasteiger partial charge is 0.193 e. The standard InChI is InChI=1S/C20H29N5OS.HI/c1-16-15-27-19(23-16)9-6-10-22-20(21-2)25-13-11-24(12-14-25)17-7-4-5-8-18(17)26-3;/h4-5,7-8,15H,6,9-14H2,1-3H3,(H,21,22);1H. The van der Waals surface area contributed by atoms with E-state index in [0.717, 1.165) is 63.0 Å². The SMILES string of the molecule is CN=C(NCCCc1nc(C)cs1)N1CCN(c2ccccc2OC)CC1.I. The van der Waals surface area contributed by atoms with Crippen molar-refractivity contribution in [1.29, 1.82) is 0 Å². The van der Waals surface area contributed by atoms with E-state index in [1.54, 1.807) is 18.4 Å². The molecule has 0 saturated carbocycles. The van der Waals surface area contributed by atoms with Gasteiger partial charge in [-0.25, -0.2) is 4.98 Å². The van der Waals surface area contributed by atoms with Gasteiger partial charge in [0.25, 0.3) is 0 Å². The van der Waals surface area contributed by atoms with E-state index in [4.69, 9.17) is 4.74 Å². The number of hydrogen-bond donors (Lipinski definition) is 1. The van der Waals surface area contributed by atoms with Crippen molar-refractivity contribution in [2.75, 3.05) is 51.8 Å². The summed E-state index contributed by atoms with van der Waals surface area (Å²) in [6.45, 7) is 6.77. The third kappa shape index (κ3) is 5.97. The van der Waals surface area contributed by atoms with Crippen LogP contribution in [-0.2, 0) is 6.42 Å². The van der Waals surface area contributed by atoms with Crippen LogP contribution in [-0.4, -0.2) is 62.7 Å². The van der Waals surface area contributed by atoms with Gasteiger partial charge in [0, 0.05) is 57.3 Å². The number of rotatable bonds is 6. The first-order chi connectivity index (χ1) is 13.2. The van der Waals surface area contributed by atoms with Gasteiger partial charge in [0.2, 0.25) is 0 Å². The number of piperazine rings is 1. The summed E-state index contributed by atoms with van der Waals surface area (Å²) in [5, 5.41) is 6.83. The topological polar surface area (TPSA) is 53.0 Å². The first kappa shape index (κ1) is 22.7. The van der Waals surface area contributed by atoms with Crippen LogP contribution in [0.1, 0.15) is 17.1 Å². The summed E-state index contributed by atoms with van der Waals surface area (Å²) in [5.41, 5.74) is 2.29. The second-order valence-electron chi connectivity index (χ2n) is 6.61. The van der Waals surface area contributed by atoms with E-state index in [1.807, 2.05) is 26.1 Å². The molecule has 28 heavy (non-hydrogen) atoms. The predicted molar refractivity (Wildman–Crippen MR) is 129 cm³/mol. The number of aryl methyl sites for hydroxylation is 2. The van der Waals surface area contributed by atoms with Crippen LogP contribution >= 0.6 is 35.3 Å². The second-order valence-corrected chi connectivity index (χ2v) is 7.55.